The van der Waals surface area contributed by atoms with Crippen LogP contribution in [0.25, 0.3) is 10.9 Å². The molecule has 8 nitrogen and oxygen atoms in total. The molecule has 0 aliphatic rings. The first-order valence-electron chi connectivity index (χ1n) is 8.87. The molecule has 29 heavy (non-hydrogen) atoms. The number of carboxylic acid groups (broad SMARTS) is 1. The molecule has 0 spiro atoms. The number of hydrogen-bond donors (Lipinski definition) is 2. The minimum Gasteiger partial charge on any atom is -0.480 e. The zero-order valence-corrected chi connectivity index (χ0v) is 15.7. The summed E-state index contributed by atoms with van der Waals surface area (Å²) < 4.78 is 11.2. The topological polar surface area (TPSA) is 107 Å². The van der Waals surface area contributed by atoms with E-state index in [0.717, 1.165) is 12.7 Å². The number of para-hydroxylation sites is 1. The molecule has 3 aromatic rings. The Morgan fingerprint density at radius 1 is 1.07 bits per heavy atom. The predicted molar refractivity (Wildman–Crippen MR) is 105 cm³/mol. The van der Waals surface area contributed by atoms with Gasteiger partial charge in [-0.3, -0.25) is 4.57 Å². The Morgan fingerprint density at radius 2 is 1.76 bits per heavy atom. The van der Waals surface area contributed by atoms with Crippen molar-refractivity contribution < 1.29 is 29.0 Å². The van der Waals surface area contributed by atoms with E-state index in [2.05, 4.69) is 10.1 Å². The highest BCUT2D eigenvalue weighted by atomic mass is 16.5. The van der Waals surface area contributed by atoms with Gasteiger partial charge in [0.05, 0.1) is 12.6 Å². The molecule has 1 aromatic heterocycles. The number of nitrogens with one attached hydrogen (secondary N) is 1. The van der Waals surface area contributed by atoms with E-state index in [9.17, 15) is 19.5 Å². The molecule has 1 unspecified atom stereocenters. The number of aliphatic carboxylic acids is 1. The Bertz CT molecular complexity index is 1030. The number of carbonyl (C=O) groups is 3. The molecule has 2 N–H and O–H groups in total. The molecule has 1 atom stereocenters. The van der Waals surface area contributed by atoms with Gasteiger partial charge in [-0.05, 0) is 17.2 Å². The lowest BCUT2D eigenvalue weighted by molar-refractivity contribution is -0.139. The fourth-order valence-corrected chi connectivity index (χ4v) is 2.97. The zero-order chi connectivity index (χ0) is 20.8. The van der Waals surface area contributed by atoms with Crippen LogP contribution in [-0.2, 0) is 27.3 Å². The summed E-state index contributed by atoms with van der Waals surface area (Å²) in [4.78, 5) is 35.6. The smallest absolute Gasteiger partial charge is 0.418 e. The van der Waals surface area contributed by atoms with Crippen LogP contribution in [-0.4, -0.2) is 41.0 Å². The number of carbonyl (C=O) groups excluding carboxylic acids is 2. The standard InChI is InChI=1S/C21H20N2O6/c1-28-20(26)22-17(19(24)25)11-15-12-23(18-10-6-5-9-16(15)18)21(27)29-13-14-7-3-2-4-8-14/h2-10,12,17H,11,13H2,1H3,(H,22,26)(H,24,25). The number of ether oxygens (including phenoxy) is 2. The Morgan fingerprint density at radius 3 is 2.45 bits per heavy atom. The van der Waals surface area contributed by atoms with Crippen LogP contribution in [0.2, 0.25) is 0 Å². The van der Waals surface area contributed by atoms with Gasteiger partial charge < -0.3 is 19.9 Å². The van der Waals surface area contributed by atoms with Crippen LogP contribution in [0.1, 0.15) is 11.1 Å². The summed E-state index contributed by atoms with van der Waals surface area (Å²) in [6.07, 6.45) is 0.0871. The fraction of sp³-hybridized carbons (Fsp3) is 0.190. The monoisotopic (exact) mass is 396 g/mol. The van der Waals surface area contributed by atoms with Crippen molar-refractivity contribution in [1.29, 1.82) is 0 Å². The molecular weight excluding hydrogens is 376 g/mol. The predicted octanol–water partition coefficient (Wildman–Crippen LogP) is 3.18. The maximum atomic E-state index is 12.6. The first-order valence-corrected chi connectivity index (χ1v) is 8.87. The van der Waals surface area contributed by atoms with E-state index < -0.39 is 24.2 Å². The first kappa shape index (κ1) is 19.9. The van der Waals surface area contributed by atoms with Crippen molar-refractivity contribution in [1.82, 2.24) is 9.88 Å². The quantitative estimate of drug-likeness (QED) is 0.663. The molecular formula is C21H20N2O6. The van der Waals surface area contributed by atoms with Crippen LogP contribution < -0.4 is 5.32 Å². The molecule has 0 bridgehead atoms. The second kappa shape index (κ2) is 8.92. The van der Waals surface area contributed by atoms with Gasteiger partial charge in [-0.2, -0.15) is 0 Å². The van der Waals surface area contributed by atoms with Crippen molar-refractivity contribution in [2.75, 3.05) is 7.11 Å². The largest absolute Gasteiger partial charge is 0.480 e. The van der Waals surface area contributed by atoms with Crippen molar-refractivity contribution in [3.05, 3.63) is 71.9 Å². The van der Waals surface area contributed by atoms with E-state index in [0.29, 0.717) is 16.5 Å². The van der Waals surface area contributed by atoms with Crippen LogP contribution in [0.15, 0.2) is 60.8 Å². The summed E-state index contributed by atoms with van der Waals surface area (Å²) in [5.41, 5.74) is 2.02. The molecule has 0 aliphatic carbocycles. The molecule has 3 rings (SSSR count). The van der Waals surface area contributed by atoms with Gasteiger partial charge in [0.25, 0.3) is 0 Å². The fourth-order valence-electron chi connectivity index (χ4n) is 2.97. The number of nitrogens with zero attached hydrogens (tertiary/aromatic N) is 1. The lowest BCUT2D eigenvalue weighted by Crippen LogP contribution is -2.42. The highest BCUT2D eigenvalue weighted by Crippen LogP contribution is 2.23. The Kier molecular flexibility index (Phi) is 6.13. The summed E-state index contributed by atoms with van der Waals surface area (Å²) in [5.74, 6) is -1.21. The molecule has 0 saturated carbocycles. The number of amides is 1. The molecule has 0 saturated heterocycles. The first-order chi connectivity index (χ1) is 14.0. The summed E-state index contributed by atoms with van der Waals surface area (Å²) in [7, 11) is 1.16. The highest BCUT2D eigenvalue weighted by Gasteiger charge is 2.24. The summed E-state index contributed by atoms with van der Waals surface area (Å²) in [5, 5.41) is 12.4. The number of fused-ring (bicyclic) bond motifs is 1. The van der Waals surface area contributed by atoms with E-state index in [1.165, 1.54) is 10.8 Å². The number of aromatic nitrogens is 1. The molecule has 2 aromatic carbocycles. The Hall–Kier alpha value is -3.81. The third kappa shape index (κ3) is 4.73. The van der Waals surface area contributed by atoms with E-state index in [-0.39, 0.29) is 13.0 Å². The normalized spacial score (nSPS) is 11.6. The third-order valence-corrected chi connectivity index (χ3v) is 4.40. The van der Waals surface area contributed by atoms with Crippen LogP contribution in [0, 0.1) is 0 Å². The summed E-state index contributed by atoms with van der Waals surface area (Å²) >= 11 is 0. The van der Waals surface area contributed by atoms with E-state index in [1.54, 1.807) is 24.3 Å². The minimum absolute atomic E-state index is 0.0239. The number of hydrogen-bond acceptors (Lipinski definition) is 5. The second-order valence-corrected chi connectivity index (χ2v) is 6.31. The number of carboxylic acids is 1. The molecule has 0 radical (unpaired) electrons. The van der Waals surface area contributed by atoms with Gasteiger partial charge >= 0.3 is 18.2 Å². The number of benzene rings is 2. The number of rotatable bonds is 6. The maximum absolute atomic E-state index is 12.6. The van der Waals surface area contributed by atoms with Crippen molar-refractivity contribution in [2.45, 2.75) is 19.1 Å². The van der Waals surface area contributed by atoms with Crippen LogP contribution in [0.3, 0.4) is 0 Å². The van der Waals surface area contributed by atoms with Gasteiger partial charge in [0.1, 0.15) is 12.6 Å². The van der Waals surface area contributed by atoms with Crippen LogP contribution >= 0.6 is 0 Å². The zero-order valence-electron chi connectivity index (χ0n) is 15.7. The van der Waals surface area contributed by atoms with Gasteiger partial charge in [0.15, 0.2) is 0 Å². The molecule has 1 amide bonds. The molecule has 1 heterocycles. The molecule has 0 aliphatic heterocycles. The minimum atomic E-state index is -1.21. The second-order valence-electron chi connectivity index (χ2n) is 6.31. The average Bonchev–Trinajstić information content (AvgIpc) is 3.10. The van der Waals surface area contributed by atoms with Crippen molar-refractivity contribution in [2.24, 2.45) is 0 Å². The van der Waals surface area contributed by atoms with E-state index in [1.807, 2.05) is 30.3 Å². The van der Waals surface area contributed by atoms with Gasteiger partial charge in [-0.15, -0.1) is 0 Å². The van der Waals surface area contributed by atoms with Gasteiger partial charge in [-0.1, -0.05) is 48.5 Å². The average molecular weight is 396 g/mol. The molecule has 8 heteroatoms. The van der Waals surface area contributed by atoms with Gasteiger partial charge in [0, 0.05) is 18.0 Å². The lowest BCUT2D eigenvalue weighted by Gasteiger charge is -2.13. The number of methoxy groups -OCH3 is 1. The highest BCUT2D eigenvalue weighted by molar-refractivity contribution is 5.92. The summed E-state index contributed by atoms with van der Waals surface area (Å²) in [6, 6.07) is 15.2. The maximum Gasteiger partial charge on any atom is 0.418 e. The lowest BCUT2D eigenvalue weighted by atomic mass is 10.1. The summed E-state index contributed by atoms with van der Waals surface area (Å²) in [6.45, 7) is 0.114. The van der Waals surface area contributed by atoms with Crippen molar-refractivity contribution in [3.8, 4) is 0 Å². The van der Waals surface area contributed by atoms with Gasteiger partial charge in [0.2, 0.25) is 0 Å². The number of alkyl carbamates (subject to hydrolysis) is 1. The van der Waals surface area contributed by atoms with E-state index >= 15 is 0 Å². The SMILES string of the molecule is COC(=O)NC(Cc1cn(C(=O)OCc2ccccc2)c2ccccc12)C(=O)O. The van der Waals surface area contributed by atoms with Crippen molar-refractivity contribution >= 4 is 29.1 Å². The van der Waals surface area contributed by atoms with Crippen LogP contribution in [0.5, 0.6) is 0 Å². The Labute approximate surface area is 166 Å². The molecule has 150 valence electrons. The van der Waals surface area contributed by atoms with E-state index in [4.69, 9.17) is 4.74 Å². The van der Waals surface area contributed by atoms with Gasteiger partial charge in [-0.25, -0.2) is 14.4 Å². The molecule has 0 fully saturated rings. The Balaban J connectivity index is 1.85. The van der Waals surface area contributed by atoms with Crippen molar-refractivity contribution in [3.63, 3.8) is 0 Å². The third-order valence-electron chi connectivity index (χ3n) is 4.40. The van der Waals surface area contributed by atoms with Crippen LogP contribution in [0.4, 0.5) is 9.59 Å².